The second-order valence-corrected chi connectivity index (χ2v) is 7.70. The van der Waals surface area contributed by atoms with Gasteiger partial charge in [-0.3, -0.25) is 4.90 Å². The number of ether oxygens (including phenoxy) is 1. The summed E-state index contributed by atoms with van der Waals surface area (Å²) in [7, 11) is 0. The lowest BCUT2D eigenvalue weighted by atomic mass is 9.82. The van der Waals surface area contributed by atoms with E-state index in [1.807, 2.05) is 6.07 Å². The third kappa shape index (κ3) is 2.79. The smallest absolute Gasteiger partial charge is 0.415 e. The van der Waals surface area contributed by atoms with Crippen LogP contribution in [0.15, 0.2) is 24.5 Å². The fraction of sp³-hybridized carbons (Fsp3) is 0.526. The van der Waals surface area contributed by atoms with E-state index in [9.17, 15) is 14.3 Å². The summed E-state index contributed by atoms with van der Waals surface area (Å²) in [4.78, 5) is 14.0. The first-order chi connectivity index (χ1) is 13.1. The topological polar surface area (TPSA) is 80.5 Å². The molecule has 0 unspecified atom stereocenters. The van der Waals surface area contributed by atoms with Gasteiger partial charge in [0.15, 0.2) is 0 Å². The number of rotatable bonds is 3. The molecule has 3 heterocycles. The highest BCUT2D eigenvalue weighted by atomic mass is 19.1. The van der Waals surface area contributed by atoms with Crippen LogP contribution in [0.4, 0.5) is 14.9 Å². The minimum Gasteiger partial charge on any atom is -0.442 e. The average Bonchev–Trinajstić information content (AvgIpc) is 3.34. The zero-order valence-electron chi connectivity index (χ0n) is 14.8. The first-order valence-electron chi connectivity index (χ1n) is 9.44. The summed E-state index contributed by atoms with van der Waals surface area (Å²) < 4.78 is 22.0. The first kappa shape index (κ1) is 16.7. The predicted octanol–water partition coefficient (Wildman–Crippen LogP) is 2.39. The maximum Gasteiger partial charge on any atom is 0.415 e. The Balaban J connectivity index is 1.42. The van der Waals surface area contributed by atoms with E-state index in [1.54, 1.807) is 22.0 Å². The quantitative estimate of drug-likeness (QED) is 0.895. The second-order valence-electron chi connectivity index (χ2n) is 7.70. The molecule has 142 valence electrons. The van der Waals surface area contributed by atoms with Crippen LogP contribution >= 0.6 is 0 Å². The van der Waals surface area contributed by atoms with Gasteiger partial charge in [0.25, 0.3) is 0 Å². The first-order valence-corrected chi connectivity index (χ1v) is 9.44. The van der Waals surface area contributed by atoms with E-state index >= 15 is 0 Å². The van der Waals surface area contributed by atoms with E-state index in [-0.39, 0.29) is 30.0 Å². The Hall–Kier alpha value is -2.48. The van der Waals surface area contributed by atoms with Gasteiger partial charge >= 0.3 is 6.09 Å². The van der Waals surface area contributed by atoms with Crippen molar-refractivity contribution in [2.24, 2.45) is 0 Å². The highest BCUT2D eigenvalue weighted by Crippen LogP contribution is 2.43. The van der Waals surface area contributed by atoms with Crippen LogP contribution in [0, 0.1) is 5.82 Å². The number of nitrogens with zero attached hydrogens (tertiary/aromatic N) is 4. The maximum absolute atomic E-state index is 14.8. The summed E-state index contributed by atoms with van der Waals surface area (Å²) in [6.07, 6.45) is 5.92. The minimum atomic E-state index is -0.434. The molecule has 1 aliphatic carbocycles. The van der Waals surface area contributed by atoms with E-state index < -0.39 is 6.09 Å². The number of carbonyl (C=O) groups excluding carboxylic acids is 1. The Kier molecular flexibility index (Phi) is 3.89. The average molecular weight is 372 g/mol. The van der Waals surface area contributed by atoms with Crippen molar-refractivity contribution in [1.29, 1.82) is 0 Å². The van der Waals surface area contributed by atoms with E-state index in [0.29, 0.717) is 37.1 Å². The molecule has 0 bridgehead atoms. The van der Waals surface area contributed by atoms with Gasteiger partial charge in [-0.25, -0.2) is 13.9 Å². The molecule has 2 aromatic rings. The molecule has 2 atom stereocenters. The number of benzene rings is 1. The molecular weight excluding hydrogens is 351 g/mol. The Labute approximate surface area is 155 Å². The Morgan fingerprint density at radius 2 is 2.07 bits per heavy atom. The van der Waals surface area contributed by atoms with E-state index in [1.165, 1.54) is 6.07 Å². The molecule has 27 heavy (non-hydrogen) atoms. The fourth-order valence-corrected chi connectivity index (χ4v) is 4.68. The Morgan fingerprint density at radius 1 is 1.26 bits per heavy atom. The van der Waals surface area contributed by atoms with Crippen LogP contribution in [0.1, 0.15) is 42.7 Å². The van der Waals surface area contributed by atoms with Gasteiger partial charge in [0.2, 0.25) is 0 Å². The van der Waals surface area contributed by atoms with Gasteiger partial charge in [-0.1, -0.05) is 11.3 Å². The van der Waals surface area contributed by atoms with Crippen LogP contribution in [-0.4, -0.2) is 44.4 Å². The molecule has 1 N–H and O–H groups in total. The van der Waals surface area contributed by atoms with Gasteiger partial charge in [0.1, 0.15) is 11.9 Å². The van der Waals surface area contributed by atoms with Crippen LogP contribution < -0.4 is 4.90 Å². The standard InChI is InChI=1S/C19H21FN4O3/c20-15-9-16-12(7-14(15)11-1-3-13(25)4-2-11)8-17-18(27-19(26)24(16)17)10-23-6-5-21-22-23/h5-7,9,11,13,17-18,25H,1-4,8,10H2/t11?,13?,17-,18-/m0/s1. The van der Waals surface area contributed by atoms with E-state index in [4.69, 9.17) is 4.74 Å². The summed E-state index contributed by atoms with van der Waals surface area (Å²) in [5.41, 5.74) is 2.31. The normalized spacial score (nSPS) is 29.6. The summed E-state index contributed by atoms with van der Waals surface area (Å²) in [6, 6.07) is 3.25. The van der Waals surface area contributed by atoms with Gasteiger partial charge in [-0.15, -0.1) is 5.10 Å². The summed E-state index contributed by atoms with van der Waals surface area (Å²) in [5.74, 6) is -0.143. The summed E-state index contributed by atoms with van der Waals surface area (Å²) in [5, 5.41) is 17.4. The summed E-state index contributed by atoms with van der Waals surface area (Å²) >= 11 is 0. The molecule has 0 spiro atoms. The van der Waals surface area contributed by atoms with Crippen molar-refractivity contribution in [3.8, 4) is 0 Å². The zero-order valence-corrected chi connectivity index (χ0v) is 14.8. The van der Waals surface area contributed by atoms with Crippen LogP contribution in [0.5, 0.6) is 0 Å². The lowest BCUT2D eigenvalue weighted by molar-refractivity contribution is 0.117. The zero-order chi connectivity index (χ0) is 18.5. The van der Waals surface area contributed by atoms with Crippen LogP contribution in [0.2, 0.25) is 0 Å². The lowest BCUT2D eigenvalue weighted by Gasteiger charge is -2.26. The third-order valence-corrected chi connectivity index (χ3v) is 6.07. The highest BCUT2D eigenvalue weighted by Gasteiger charge is 2.48. The Morgan fingerprint density at radius 3 is 2.81 bits per heavy atom. The van der Waals surface area contributed by atoms with Crippen molar-refractivity contribution >= 4 is 11.8 Å². The number of fused-ring (bicyclic) bond motifs is 3. The molecule has 3 aliphatic rings. The SMILES string of the molecule is O=C1O[C@@H](Cn2ccnn2)[C@@H]2Cc3cc(C4CCC(O)CC4)c(F)cc3N12. The number of carbonyl (C=O) groups is 1. The molecule has 1 amide bonds. The number of hydrogen-bond acceptors (Lipinski definition) is 5. The molecule has 2 fully saturated rings. The molecule has 2 aliphatic heterocycles. The third-order valence-electron chi connectivity index (χ3n) is 6.07. The molecule has 0 radical (unpaired) electrons. The lowest BCUT2D eigenvalue weighted by Crippen LogP contribution is -2.35. The van der Waals surface area contributed by atoms with E-state index in [2.05, 4.69) is 10.3 Å². The number of aliphatic hydroxyl groups excluding tert-OH is 1. The number of amides is 1. The molecule has 7 nitrogen and oxygen atoms in total. The fourth-order valence-electron chi connectivity index (χ4n) is 4.68. The van der Waals surface area contributed by atoms with Gasteiger partial charge in [0, 0.05) is 6.20 Å². The van der Waals surface area contributed by atoms with Crippen molar-refractivity contribution in [2.75, 3.05) is 4.90 Å². The number of aromatic nitrogens is 3. The van der Waals surface area contributed by atoms with Crippen molar-refractivity contribution in [2.45, 2.75) is 62.8 Å². The van der Waals surface area contributed by atoms with Gasteiger partial charge in [-0.2, -0.15) is 0 Å². The molecule has 8 heteroatoms. The van der Waals surface area contributed by atoms with E-state index in [0.717, 1.165) is 18.4 Å². The monoisotopic (exact) mass is 372 g/mol. The minimum absolute atomic E-state index is 0.132. The van der Waals surface area contributed by atoms with Crippen molar-refractivity contribution in [3.05, 3.63) is 41.5 Å². The van der Waals surface area contributed by atoms with Crippen molar-refractivity contribution < 1.29 is 19.0 Å². The van der Waals surface area contributed by atoms with Crippen molar-refractivity contribution in [1.82, 2.24) is 15.0 Å². The predicted molar refractivity (Wildman–Crippen MR) is 93.9 cm³/mol. The van der Waals surface area contributed by atoms with Crippen LogP contribution in [0.3, 0.4) is 0 Å². The summed E-state index contributed by atoms with van der Waals surface area (Å²) in [6.45, 7) is 0.427. The van der Waals surface area contributed by atoms with Crippen LogP contribution in [0.25, 0.3) is 0 Å². The highest BCUT2D eigenvalue weighted by molar-refractivity contribution is 5.93. The van der Waals surface area contributed by atoms with Crippen molar-refractivity contribution in [3.63, 3.8) is 0 Å². The second kappa shape index (κ2) is 6.30. The number of cyclic esters (lactones) is 1. The maximum atomic E-state index is 14.8. The number of anilines is 1. The molecular formula is C19H21FN4O3. The van der Waals surface area contributed by atoms with Crippen LogP contribution in [-0.2, 0) is 17.7 Å². The number of hydrogen-bond donors (Lipinski definition) is 1. The largest absolute Gasteiger partial charge is 0.442 e. The Bertz CT molecular complexity index is 864. The molecule has 1 aromatic heterocycles. The molecule has 1 aromatic carbocycles. The molecule has 5 rings (SSSR count). The number of aliphatic hydroxyl groups is 1. The van der Waals surface area contributed by atoms with Gasteiger partial charge in [-0.05, 0) is 55.2 Å². The van der Waals surface area contributed by atoms with Gasteiger partial charge in [0.05, 0.1) is 30.6 Å². The number of halogens is 1. The molecule has 1 saturated heterocycles. The van der Waals surface area contributed by atoms with Gasteiger partial charge < -0.3 is 9.84 Å². The molecule has 1 saturated carbocycles.